The summed E-state index contributed by atoms with van der Waals surface area (Å²) in [6, 6.07) is 4.19. The second kappa shape index (κ2) is 14.0. The Bertz CT molecular complexity index is 994. The molecule has 1 aliphatic heterocycles. The summed E-state index contributed by atoms with van der Waals surface area (Å²) in [4.78, 5) is 41.7. The zero-order chi connectivity index (χ0) is 28.5. The largest absolute Gasteiger partial charge is 0.494 e. The van der Waals surface area contributed by atoms with Crippen LogP contribution in [0.5, 0.6) is 5.75 Å². The zero-order valence-corrected chi connectivity index (χ0v) is 23.6. The third-order valence-corrected chi connectivity index (χ3v) is 6.45. The summed E-state index contributed by atoms with van der Waals surface area (Å²) >= 11 is 0. The molecule has 10 nitrogen and oxygen atoms in total. The van der Waals surface area contributed by atoms with Crippen molar-refractivity contribution < 1.29 is 29.0 Å². The van der Waals surface area contributed by atoms with E-state index in [0.717, 1.165) is 42.6 Å². The van der Waals surface area contributed by atoms with Crippen molar-refractivity contribution in [2.24, 2.45) is 22.6 Å². The van der Waals surface area contributed by atoms with Gasteiger partial charge in [-0.1, -0.05) is 19.9 Å². The van der Waals surface area contributed by atoms with Crippen LogP contribution in [0.4, 0.5) is 9.59 Å². The molecule has 0 spiro atoms. The Labute approximate surface area is 226 Å². The summed E-state index contributed by atoms with van der Waals surface area (Å²) in [5.41, 5.74) is 6.79. The Morgan fingerprint density at radius 3 is 2.42 bits per heavy atom. The number of carbonyl (C=O) groups is 3. The first-order valence-electron chi connectivity index (χ1n) is 13.3. The maximum absolute atomic E-state index is 12.3. The molecule has 4 N–H and O–H groups in total. The highest BCUT2D eigenvalue weighted by Crippen LogP contribution is 2.24. The molecule has 1 atom stereocenters. The van der Waals surface area contributed by atoms with Gasteiger partial charge in [0.2, 0.25) is 0 Å². The zero-order valence-electron chi connectivity index (χ0n) is 23.6. The summed E-state index contributed by atoms with van der Waals surface area (Å²) < 4.78 is 11.1. The molecule has 0 aliphatic carbocycles. The van der Waals surface area contributed by atoms with Crippen LogP contribution in [0.2, 0.25) is 0 Å². The first-order chi connectivity index (χ1) is 17.7. The SMILES string of the molecule is Cc1cc(OCCCC2CCN(C(=O)N=C(N)C(C)C)CC2)ccc1C[C@H](NC(=O)OC(C)(C)C)C(=O)O. The third-order valence-electron chi connectivity index (χ3n) is 6.45. The molecule has 0 radical (unpaired) electrons. The second-order valence-electron chi connectivity index (χ2n) is 11.2. The molecule has 212 valence electrons. The van der Waals surface area contributed by atoms with Crippen molar-refractivity contribution in [3.8, 4) is 5.75 Å². The van der Waals surface area contributed by atoms with E-state index in [4.69, 9.17) is 15.2 Å². The number of amides is 3. The van der Waals surface area contributed by atoms with E-state index in [1.807, 2.05) is 39.0 Å². The van der Waals surface area contributed by atoms with Crippen LogP contribution in [-0.2, 0) is 16.0 Å². The number of hydrogen-bond acceptors (Lipinski definition) is 5. The van der Waals surface area contributed by atoms with E-state index in [-0.39, 0.29) is 18.4 Å². The fraction of sp³-hybridized carbons (Fsp3) is 0.643. The molecule has 1 fully saturated rings. The minimum atomic E-state index is -1.13. The van der Waals surface area contributed by atoms with Gasteiger partial charge < -0.3 is 30.5 Å². The molecule has 0 saturated carbocycles. The monoisotopic (exact) mass is 532 g/mol. The summed E-state index contributed by atoms with van der Waals surface area (Å²) in [7, 11) is 0. The van der Waals surface area contributed by atoms with Gasteiger partial charge in [-0.25, -0.2) is 14.4 Å². The highest BCUT2D eigenvalue weighted by molar-refractivity contribution is 5.93. The number of alkyl carbamates (subject to hydrolysis) is 1. The lowest BCUT2D eigenvalue weighted by Crippen LogP contribution is -2.44. The molecular weight excluding hydrogens is 488 g/mol. The van der Waals surface area contributed by atoms with E-state index < -0.39 is 23.7 Å². The summed E-state index contributed by atoms with van der Waals surface area (Å²) in [6.45, 7) is 12.8. The number of piperidine rings is 1. The number of urea groups is 1. The number of aryl methyl sites for hydroxylation is 1. The van der Waals surface area contributed by atoms with Crippen LogP contribution < -0.4 is 15.8 Å². The van der Waals surface area contributed by atoms with Crippen LogP contribution in [0, 0.1) is 18.8 Å². The van der Waals surface area contributed by atoms with Gasteiger partial charge in [0.25, 0.3) is 0 Å². The van der Waals surface area contributed by atoms with E-state index in [2.05, 4.69) is 10.3 Å². The minimum Gasteiger partial charge on any atom is -0.494 e. The molecule has 1 aromatic carbocycles. The van der Waals surface area contributed by atoms with Crippen molar-refractivity contribution >= 4 is 23.9 Å². The second-order valence-corrected chi connectivity index (χ2v) is 11.2. The van der Waals surface area contributed by atoms with Crippen molar-refractivity contribution in [2.45, 2.75) is 85.3 Å². The van der Waals surface area contributed by atoms with E-state index in [0.29, 0.717) is 31.4 Å². The third kappa shape index (κ3) is 10.6. The molecule has 10 heteroatoms. The quantitative estimate of drug-likeness (QED) is 0.228. The summed E-state index contributed by atoms with van der Waals surface area (Å²) in [5, 5.41) is 12.0. The molecule has 1 heterocycles. The van der Waals surface area contributed by atoms with Gasteiger partial charge in [-0.05, 0) is 82.6 Å². The summed E-state index contributed by atoms with van der Waals surface area (Å²) in [6.07, 6.45) is 3.18. The van der Waals surface area contributed by atoms with Crippen molar-refractivity contribution in [1.29, 1.82) is 0 Å². The molecule has 1 aromatic rings. The Morgan fingerprint density at radius 1 is 1.21 bits per heavy atom. The van der Waals surface area contributed by atoms with Crippen molar-refractivity contribution in [3.63, 3.8) is 0 Å². The molecular formula is C28H44N4O6. The van der Waals surface area contributed by atoms with Gasteiger partial charge in [0.15, 0.2) is 0 Å². The number of hydrogen-bond donors (Lipinski definition) is 3. The minimum absolute atomic E-state index is 0.0549. The number of carboxylic acids is 1. The van der Waals surface area contributed by atoms with Crippen LogP contribution in [-0.4, -0.2) is 65.3 Å². The molecule has 0 unspecified atom stereocenters. The molecule has 3 amide bonds. The number of carbonyl (C=O) groups excluding carboxylic acids is 2. The molecule has 38 heavy (non-hydrogen) atoms. The van der Waals surface area contributed by atoms with Crippen LogP contribution in [0.15, 0.2) is 23.2 Å². The average Bonchev–Trinajstić information content (AvgIpc) is 2.81. The molecule has 0 aromatic heterocycles. The van der Waals surface area contributed by atoms with Gasteiger partial charge in [0.05, 0.1) is 6.61 Å². The number of aliphatic imine (C=N–C) groups is 1. The lowest BCUT2D eigenvalue weighted by molar-refractivity contribution is -0.139. The fourth-order valence-corrected chi connectivity index (χ4v) is 4.14. The van der Waals surface area contributed by atoms with E-state index >= 15 is 0 Å². The van der Waals surface area contributed by atoms with Crippen molar-refractivity contribution in [1.82, 2.24) is 10.2 Å². The van der Waals surface area contributed by atoms with Crippen molar-refractivity contribution in [3.05, 3.63) is 29.3 Å². The van der Waals surface area contributed by atoms with Gasteiger partial charge in [0.1, 0.15) is 23.2 Å². The standard InChI is InChI=1S/C28H44N4O6/c1-18(2)24(29)31-26(35)32-13-11-20(12-14-32)8-7-15-37-22-10-9-21(19(3)16-22)17-23(25(33)34)30-27(36)38-28(4,5)6/h9-10,16,18,20,23H,7-8,11-15,17H2,1-6H3,(H,30,36)(H,33,34)(H2,29,31,35)/t23-/m0/s1. The van der Waals surface area contributed by atoms with Gasteiger partial charge in [-0.2, -0.15) is 4.99 Å². The van der Waals surface area contributed by atoms with Crippen LogP contribution in [0.25, 0.3) is 0 Å². The van der Waals surface area contributed by atoms with Crippen LogP contribution in [0.1, 0.15) is 71.4 Å². The smallest absolute Gasteiger partial charge is 0.408 e. The number of benzene rings is 1. The van der Waals surface area contributed by atoms with Crippen LogP contribution >= 0.6 is 0 Å². The lowest BCUT2D eigenvalue weighted by atomic mass is 9.92. The molecule has 1 saturated heterocycles. The van der Waals surface area contributed by atoms with Crippen LogP contribution in [0.3, 0.4) is 0 Å². The maximum Gasteiger partial charge on any atom is 0.408 e. The van der Waals surface area contributed by atoms with Gasteiger partial charge >= 0.3 is 18.1 Å². The molecule has 1 aliphatic rings. The number of carboxylic acid groups (broad SMARTS) is 1. The van der Waals surface area contributed by atoms with Gasteiger partial charge in [-0.3, -0.25) is 0 Å². The number of ether oxygens (including phenoxy) is 2. The number of aliphatic carboxylic acids is 1. The highest BCUT2D eigenvalue weighted by Gasteiger charge is 2.25. The number of likely N-dealkylation sites (tertiary alicyclic amines) is 1. The number of nitrogens with two attached hydrogens (primary N) is 1. The molecule has 2 rings (SSSR count). The Hall–Kier alpha value is -3.30. The topological polar surface area (TPSA) is 144 Å². The first kappa shape index (κ1) is 30.9. The van der Waals surface area contributed by atoms with E-state index in [1.54, 1.807) is 25.7 Å². The molecule has 0 bridgehead atoms. The Balaban J connectivity index is 1.77. The highest BCUT2D eigenvalue weighted by atomic mass is 16.6. The predicted octanol–water partition coefficient (Wildman–Crippen LogP) is 4.52. The fourth-order valence-electron chi connectivity index (χ4n) is 4.14. The number of nitrogens with one attached hydrogen (secondary N) is 1. The summed E-state index contributed by atoms with van der Waals surface area (Å²) in [5.74, 6) is 0.567. The van der Waals surface area contributed by atoms with E-state index in [9.17, 15) is 19.5 Å². The lowest BCUT2D eigenvalue weighted by Gasteiger charge is -2.30. The number of amidine groups is 1. The van der Waals surface area contributed by atoms with E-state index in [1.165, 1.54) is 0 Å². The average molecular weight is 533 g/mol. The first-order valence-corrected chi connectivity index (χ1v) is 13.3. The Morgan fingerprint density at radius 2 is 1.87 bits per heavy atom. The maximum atomic E-state index is 12.3. The Kier molecular flexibility index (Phi) is 11.4. The van der Waals surface area contributed by atoms with Gasteiger partial charge in [0, 0.05) is 25.4 Å². The number of rotatable bonds is 10. The normalized spacial score (nSPS) is 15.8. The number of nitrogens with zero attached hydrogens (tertiary/aromatic N) is 2. The van der Waals surface area contributed by atoms with Gasteiger partial charge in [-0.15, -0.1) is 0 Å². The predicted molar refractivity (Wildman–Crippen MR) is 147 cm³/mol. The van der Waals surface area contributed by atoms with Crippen molar-refractivity contribution in [2.75, 3.05) is 19.7 Å².